The normalized spacial score (nSPS) is 22.8. The summed E-state index contributed by atoms with van der Waals surface area (Å²) in [6.45, 7) is 0.550. The van der Waals surface area contributed by atoms with E-state index in [4.69, 9.17) is 4.74 Å². The van der Waals surface area contributed by atoms with E-state index in [9.17, 15) is 14.0 Å². The first-order valence-electron chi connectivity index (χ1n) is 8.40. The maximum Gasteiger partial charge on any atom is 0.252 e. The Kier molecular flexibility index (Phi) is 4.09. The summed E-state index contributed by atoms with van der Waals surface area (Å²) in [6.07, 6.45) is 0.175. The lowest BCUT2D eigenvalue weighted by Gasteiger charge is -2.38. The van der Waals surface area contributed by atoms with E-state index < -0.39 is 6.10 Å². The standard InChI is InChI=1S/C20H18FNO3/c21-15-7-5-14(6-8-15)19-17-4-2-1-3-13(17)9-10-22(19)20(24)18-11-16(23)12-25-18/h1-8,18-19H,9-12H2/t18-,19+/m1/s1. The molecule has 0 aromatic heterocycles. The number of amides is 1. The number of hydrogen-bond acceptors (Lipinski definition) is 3. The molecule has 2 aliphatic rings. The zero-order chi connectivity index (χ0) is 17.4. The van der Waals surface area contributed by atoms with Crippen LogP contribution in [-0.2, 0) is 20.7 Å². The van der Waals surface area contributed by atoms with Crippen molar-refractivity contribution in [1.82, 2.24) is 4.90 Å². The number of benzene rings is 2. The van der Waals surface area contributed by atoms with Gasteiger partial charge in [-0.3, -0.25) is 9.59 Å². The minimum Gasteiger partial charge on any atom is -0.360 e. The Labute approximate surface area is 145 Å². The van der Waals surface area contributed by atoms with Crippen LogP contribution in [0.25, 0.3) is 0 Å². The molecule has 1 amide bonds. The Bertz CT molecular complexity index is 818. The summed E-state index contributed by atoms with van der Waals surface area (Å²) in [4.78, 5) is 26.2. The molecule has 2 aromatic rings. The first-order chi connectivity index (χ1) is 12.1. The van der Waals surface area contributed by atoms with Gasteiger partial charge in [-0.1, -0.05) is 36.4 Å². The Morgan fingerprint density at radius 1 is 1.12 bits per heavy atom. The van der Waals surface area contributed by atoms with Crippen LogP contribution in [0.1, 0.15) is 29.2 Å². The van der Waals surface area contributed by atoms with Gasteiger partial charge in [-0.2, -0.15) is 0 Å². The fraction of sp³-hybridized carbons (Fsp3) is 0.300. The van der Waals surface area contributed by atoms with Gasteiger partial charge in [0.1, 0.15) is 18.5 Å². The van der Waals surface area contributed by atoms with Crippen molar-refractivity contribution in [2.24, 2.45) is 0 Å². The Hall–Kier alpha value is -2.53. The van der Waals surface area contributed by atoms with Crippen molar-refractivity contribution in [2.45, 2.75) is 25.0 Å². The molecule has 25 heavy (non-hydrogen) atoms. The van der Waals surface area contributed by atoms with Gasteiger partial charge in [0.05, 0.1) is 6.04 Å². The topological polar surface area (TPSA) is 46.6 Å². The van der Waals surface area contributed by atoms with Gasteiger partial charge in [-0.05, 0) is 35.2 Å². The number of rotatable bonds is 2. The fourth-order valence-corrected chi connectivity index (χ4v) is 3.67. The van der Waals surface area contributed by atoms with Crippen LogP contribution in [0.5, 0.6) is 0 Å². The van der Waals surface area contributed by atoms with E-state index in [2.05, 4.69) is 6.07 Å². The number of carbonyl (C=O) groups excluding carboxylic acids is 2. The quantitative estimate of drug-likeness (QED) is 0.845. The van der Waals surface area contributed by atoms with Crippen molar-refractivity contribution in [3.63, 3.8) is 0 Å². The van der Waals surface area contributed by atoms with E-state index in [1.165, 1.54) is 17.7 Å². The highest BCUT2D eigenvalue weighted by Gasteiger charge is 2.38. The van der Waals surface area contributed by atoms with Crippen LogP contribution in [0.4, 0.5) is 4.39 Å². The molecule has 5 heteroatoms. The SMILES string of the molecule is O=C1CO[C@@H](C(=O)N2CCc3ccccc3[C@@H]2c2ccc(F)cc2)C1. The summed E-state index contributed by atoms with van der Waals surface area (Å²) in [6, 6.07) is 13.9. The van der Waals surface area contributed by atoms with Gasteiger partial charge in [-0.15, -0.1) is 0 Å². The predicted molar refractivity (Wildman–Crippen MR) is 89.5 cm³/mol. The number of carbonyl (C=O) groups is 2. The molecule has 1 fully saturated rings. The fourth-order valence-electron chi connectivity index (χ4n) is 3.67. The Morgan fingerprint density at radius 3 is 2.60 bits per heavy atom. The molecule has 4 nitrogen and oxygen atoms in total. The van der Waals surface area contributed by atoms with E-state index in [1.54, 1.807) is 17.0 Å². The maximum atomic E-state index is 13.4. The molecule has 4 rings (SSSR count). The number of fused-ring (bicyclic) bond motifs is 1. The molecule has 128 valence electrons. The Balaban J connectivity index is 1.73. The van der Waals surface area contributed by atoms with E-state index >= 15 is 0 Å². The van der Waals surface area contributed by atoms with Crippen LogP contribution in [0.15, 0.2) is 48.5 Å². The van der Waals surface area contributed by atoms with Crippen molar-refractivity contribution in [2.75, 3.05) is 13.2 Å². The first kappa shape index (κ1) is 16.0. The van der Waals surface area contributed by atoms with Gasteiger partial charge in [-0.25, -0.2) is 4.39 Å². The molecular formula is C20H18FNO3. The number of Topliss-reactive ketones (excluding diaryl/α,β-unsaturated/α-hetero) is 1. The average molecular weight is 339 g/mol. The zero-order valence-corrected chi connectivity index (χ0v) is 13.7. The molecule has 2 aromatic carbocycles. The third kappa shape index (κ3) is 2.96. The molecule has 2 atom stereocenters. The summed E-state index contributed by atoms with van der Waals surface area (Å²) < 4.78 is 18.7. The molecule has 0 N–H and O–H groups in total. The van der Waals surface area contributed by atoms with Crippen LogP contribution in [0.3, 0.4) is 0 Å². The molecule has 0 bridgehead atoms. The van der Waals surface area contributed by atoms with Crippen molar-refractivity contribution in [1.29, 1.82) is 0 Å². The molecule has 2 aliphatic heterocycles. The minimum atomic E-state index is -0.708. The average Bonchev–Trinajstić information content (AvgIpc) is 3.07. The highest BCUT2D eigenvalue weighted by atomic mass is 19.1. The zero-order valence-electron chi connectivity index (χ0n) is 13.7. The van der Waals surface area contributed by atoms with Gasteiger partial charge < -0.3 is 9.64 Å². The van der Waals surface area contributed by atoms with Crippen LogP contribution >= 0.6 is 0 Å². The van der Waals surface area contributed by atoms with E-state index in [0.29, 0.717) is 6.54 Å². The van der Waals surface area contributed by atoms with E-state index in [0.717, 1.165) is 17.5 Å². The molecule has 1 saturated heterocycles. The molecular weight excluding hydrogens is 321 g/mol. The summed E-state index contributed by atoms with van der Waals surface area (Å²) >= 11 is 0. The second kappa shape index (κ2) is 6.41. The summed E-state index contributed by atoms with van der Waals surface area (Å²) in [5, 5.41) is 0. The summed E-state index contributed by atoms with van der Waals surface area (Å²) in [5.74, 6) is -0.529. The van der Waals surface area contributed by atoms with Gasteiger partial charge in [0.15, 0.2) is 5.78 Å². The highest BCUT2D eigenvalue weighted by molar-refractivity contribution is 5.92. The second-order valence-electron chi connectivity index (χ2n) is 6.48. The third-order valence-electron chi connectivity index (χ3n) is 4.89. The van der Waals surface area contributed by atoms with E-state index in [1.807, 2.05) is 18.2 Å². The minimum absolute atomic E-state index is 0.00203. The smallest absolute Gasteiger partial charge is 0.252 e. The number of hydrogen-bond donors (Lipinski definition) is 0. The van der Waals surface area contributed by atoms with Gasteiger partial charge in [0.2, 0.25) is 0 Å². The molecule has 2 heterocycles. The van der Waals surface area contributed by atoms with Crippen molar-refractivity contribution in [3.8, 4) is 0 Å². The van der Waals surface area contributed by atoms with Crippen molar-refractivity contribution in [3.05, 3.63) is 71.0 Å². The van der Waals surface area contributed by atoms with Crippen LogP contribution in [0, 0.1) is 5.82 Å². The van der Waals surface area contributed by atoms with Gasteiger partial charge >= 0.3 is 0 Å². The molecule has 0 unspecified atom stereocenters. The second-order valence-corrected chi connectivity index (χ2v) is 6.48. The molecule has 0 spiro atoms. The lowest BCUT2D eigenvalue weighted by molar-refractivity contribution is -0.143. The third-order valence-corrected chi connectivity index (χ3v) is 4.89. The lowest BCUT2D eigenvalue weighted by Crippen LogP contribution is -2.45. The maximum absolute atomic E-state index is 13.4. The van der Waals surface area contributed by atoms with Crippen LogP contribution in [-0.4, -0.2) is 35.8 Å². The monoisotopic (exact) mass is 339 g/mol. The Morgan fingerprint density at radius 2 is 1.88 bits per heavy atom. The number of nitrogens with zero attached hydrogens (tertiary/aromatic N) is 1. The van der Waals surface area contributed by atoms with Crippen molar-refractivity contribution >= 4 is 11.7 Å². The lowest BCUT2D eigenvalue weighted by atomic mass is 9.87. The predicted octanol–water partition coefficient (Wildman–Crippen LogP) is 2.66. The largest absolute Gasteiger partial charge is 0.360 e. The summed E-state index contributed by atoms with van der Waals surface area (Å²) in [7, 11) is 0. The number of ether oxygens (including phenoxy) is 1. The molecule has 0 aliphatic carbocycles. The van der Waals surface area contributed by atoms with Crippen LogP contribution in [0.2, 0.25) is 0 Å². The van der Waals surface area contributed by atoms with Crippen LogP contribution < -0.4 is 0 Å². The van der Waals surface area contributed by atoms with E-state index in [-0.39, 0.29) is 36.6 Å². The number of halogens is 1. The molecule has 0 saturated carbocycles. The highest BCUT2D eigenvalue weighted by Crippen LogP contribution is 2.36. The summed E-state index contributed by atoms with van der Waals surface area (Å²) in [5.41, 5.74) is 3.08. The van der Waals surface area contributed by atoms with Gasteiger partial charge in [0.25, 0.3) is 5.91 Å². The van der Waals surface area contributed by atoms with Crippen molar-refractivity contribution < 1.29 is 18.7 Å². The van der Waals surface area contributed by atoms with Gasteiger partial charge in [0, 0.05) is 13.0 Å². The molecule has 0 radical (unpaired) electrons. The number of ketones is 1. The first-order valence-corrected chi connectivity index (χ1v) is 8.40.